The molecule has 1 atom stereocenters. The summed E-state index contributed by atoms with van der Waals surface area (Å²) < 4.78 is 11.5. The first kappa shape index (κ1) is 18.0. The predicted molar refractivity (Wildman–Crippen MR) is 94.3 cm³/mol. The number of hydrogen-bond acceptors (Lipinski definition) is 5. The Morgan fingerprint density at radius 2 is 1.74 bits per heavy atom. The third-order valence-electron chi connectivity index (χ3n) is 4.47. The fourth-order valence-electron chi connectivity index (χ4n) is 3.19. The van der Waals surface area contributed by atoms with Gasteiger partial charge in [-0.05, 0) is 26.5 Å². The molecule has 1 unspecified atom stereocenters. The molecule has 130 valence electrons. The van der Waals surface area contributed by atoms with Crippen molar-refractivity contribution in [3.05, 3.63) is 23.8 Å². The van der Waals surface area contributed by atoms with Crippen LogP contribution in [0.5, 0.6) is 11.5 Å². The molecule has 1 fully saturated rings. The van der Waals surface area contributed by atoms with E-state index >= 15 is 0 Å². The van der Waals surface area contributed by atoms with Gasteiger partial charge in [-0.25, -0.2) is 0 Å². The summed E-state index contributed by atoms with van der Waals surface area (Å²) in [5, 5.41) is 0. The zero-order valence-corrected chi connectivity index (χ0v) is 14.8. The summed E-state index contributed by atoms with van der Waals surface area (Å²) in [7, 11) is 0. The normalized spacial score (nSPS) is 17.9. The molecule has 1 aliphatic heterocycles. The fourth-order valence-corrected chi connectivity index (χ4v) is 3.19. The number of nitrogens with two attached hydrogens (primary N) is 1. The molecule has 0 aromatic heterocycles. The lowest BCUT2D eigenvalue weighted by molar-refractivity contribution is 0.100. The quantitative estimate of drug-likeness (QED) is 0.795. The van der Waals surface area contributed by atoms with Gasteiger partial charge < -0.3 is 20.1 Å². The van der Waals surface area contributed by atoms with E-state index in [0.29, 0.717) is 19.8 Å². The van der Waals surface area contributed by atoms with Gasteiger partial charge in [0.1, 0.15) is 11.5 Å². The number of likely N-dealkylation sites (N-methyl/N-ethyl adjacent to an activating group) is 1. The van der Waals surface area contributed by atoms with Crippen molar-refractivity contribution in [1.82, 2.24) is 9.80 Å². The molecule has 0 radical (unpaired) electrons. The third kappa shape index (κ3) is 4.59. The van der Waals surface area contributed by atoms with Crippen LogP contribution in [0.3, 0.4) is 0 Å². The molecule has 23 heavy (non-hydrogen) atoms. The van der Waals surface area contributed by atoms with Gasteiger partial charge in [-0.3, -0.25) is 4.90 Å². The van der Waals surface area contributed by atoms with Crippen LogP contribution in [0.2, 0.25) is 0 Å². The van der Waals surface area contributed by atoms with Crippen LogP contribution in [0, 0.1) is 0 Å². The number of ether oxygens (including phenoxy) is 2. The van der Waals surface area contributed by atoms with Gasteiger partial charge in [-0.2, -0.15) is 0 Å². The summed E-state index contributed by atoms with van der Waals surface area (Å²) in [5.41, 5.74) is 7.29. The van der Waals surface area contributed by atoms with E-state index in [1.807, 2.05) is 26.0 Å². The van der Waals surface area contributed by atoms with E-state index in [4.69, 9.17) is 15.2 Å². The molecule has 1 aromatic carbocycles. The van der Waals surface area contributed by atoms with Crippen molar-refractivity contribution in [2.45, 2.75) is 26.8 Å². The molecule has 2 N–H and O–H groups in total. The zero-order valence-electron chi connectivity index (χ0n) is 14.8. The summed E-state index contributed by atoms with van der Waals surface area (Å²) in [4.78, 5) is 4.95. The van der Waals surface area contributed by atoms with Crippen molar-refractivity contribution in [2.75, 3.05) is 52.5 Å². The van der Waals surface area contributed by atoms with Crippen LogP contribution in [-0.4, -0.2) is 62.3 Å². The molecule has 2 rings (SSSR count). The van der Waals surface area contributed by atoms with Gasteiger partial charge in [0.25, 0.3) is 0 Å². The van der Waals surface area contributed by atoms with Crippen LogP contribution in [0.4, 0.5) is 0 Å². The van der Waals surface area contributed by atoms with Crippen molar-refractivity contribution < 1.29 is 9.47 Å². The Morgan fingerprint density at radius 3 is 2.30 bits per heavy atom. The highest BCUT2D eigenvalue weighted by molar-refractivity contribution is 5.43. The van der Waals surface area contributed by atoms with E-state index in [0.717, 1.165) is 44.2 Å². The van der Waals surface area contributed by atoms with Crippen LogP contribution in [-0.2, 0) is 0 Å². The Balaban J connectivity index is 2.19. The molecule has 0 aliphatic carbocycles. The maximum atomic E-state index is 6.12. The van der Waals surface area contributed by atoms with Crippen LogP contribution in [0.1, 0.15) is 32.4 Å². The second kappa shape index (κ2) is 9.11. The molecular formula is C18H31N3O2. The number of rotatable bonds is 8. The minimum absolute atomic E-state index is 0.200. The number of benzene rings is 1. The molecule has 0 amide bonds. The van der Waals surface area contributed by atoms with Crippen LogP contribution < -0.4 is 15.2 Å². The van der Waals surface area contributed by atoms with Crippen LogP contribution in [0.25, 0.3) is 0 Å². The standard InChI is InChI=1S/C18H31N3O2/c1-4-20-9-11-21(12-10-20)17(14-19)16-8-7-15(22-5-2)13-18(16)23-6-3/h7-8,13,17H,4-6,9-12,14,19H2,1-3H3. The summed E-state index contributed by atoms with van der Waals surface area (Å²) in [6, 6.07) is 6.32. The van der Waals surface area contributed by atoms with E-state index in [1.54, 1.807) is 0 Å². The lowest BCUT2D eigenvalue weighted by Gasteiger charge is -2.39. The molecule has 0 spiro atoms. The molecule has 1 saturated heterocycles. The van der Waals surface area contributed by atoms with Gasteiger partial charge in [0.05, 0.1) is 19.3 Å². The maximum absolute atomic E-state index is 6.12. The molecular weight excluding hydrogens is 290 g/mol. The molecule has 5 nitrogen and oxygen atoms in total. The Hall–Kier alpha value is -1.30. The summed E-state index contributed by atoms with van der Waals surface area (Å²) in [6.07, 6.45) is 0. The van der Waals surface area contributed by atoms with E-state index in [1.165, 1.54) is 5.56 Å². The number of nitrogens with zero attached hydrogens (tertiary/aromatic N) is 2. The largest absolute Gasteiger partial charge is 0.494 e. The van der Waals surface area contributed by atoms with Crippen molar-refractivity contribution >= 4 is 0 Å². The van der Waals surface area contributed by atoms with Crippen molar-refractivity contribution in [3.8, 4) is 11.5 Å². The predicted octanol–water partition coefficient (Wildman–Crippen LogP) is 2.12. The summed E-state index contributed by atoms with van der Waals surface area (Å²) in [5.74, 6) is 1.75. The van der Waals surface area contributed by atoms with Gasteiger partial charge in [-0.15, -0.1) is 0 Å². The van der Waals surface area contributed by atoms with Gasteiger partial charge in [0.2, 0.25) is 0 Å². The summed E-state index contributed by atoms with van der Waals surface area (Å²) in [6.45, 7) is 13.5. The summed E-state index contributed by atoms with van der Waals surface area (Å²) >= 11 is 0. The highest BCUT2D eigenvalue weighted by atomic mass is 16.5. The second-order valence-corrected chi connectivity index (χ2v) is 5.79. The van der Waals surface area contributed by atoms with E-state index in [9.17, 15) is 0 Å². The molecule has 1 heterocycles. The lowest BCUT2D eigenvalue weighted by atomic mass is 10.0. The van der Waals surface area contributed by atoms with Crippen molar-refractivity contribution in [2.24, 2.45) is 5.73 Å². The molecule has 0 saturated carbocycles. The van der Waals surface area contributed by atoms with Crippen LogP contribution >= 0.6 is 0 Å². The monoisotopic (exact) mass is 321 g/mol. The number of hydrogen-bond donors (Lipinski definition) is 1. The topological polar surface area (TPSA) is 51.0 Å². The maximum Gasteiger partial charge on any atom is 0.127 e. The van der Waals surface area contributed by atoms with E-state index < -0.39 is 0 Å². The lowest BCUT2D eigenvalue weighted by Crippen LogP contribution is -2.48. The Morgan fingerprint density at radius 1 is 1.04 bits per heavy atom. The van der Waals surface area contributed by atoms with Gasteiger partial charge in [-0.1, -0.05) is 13.0 Å². The van der Waals surface area contributed by atoms with Gasteiger partial charge in [0, 0.05) is 44.4 Å². The first-order valence-corrected chi connectivity index (χ1v) is 8.79. The van der Waals surface area contributed by atoms with Crippen LogP contribution in [0.15, 0.2) is 18.2 Å². The molecule has 0 bridgehead atoms. The molecule has 1 aromatic rings. The van der Waals surface area contributed by atoms with E-state index in [-0.39, 0.29) is 6.04 Å². The van der Waals surface area contributed by atoms with Gasteiger partial charge >= 0.3 is 0 Å². The Kier molecular flexibility index (Phi) is 7.15. The fraction of sp³-hybridized carbons (Fsp3) is 0.667. The zero-order chi connectivity index (χ0) is 16.7. The highest BCUT2D eigenvalue weighted by Gasteiger charge is 2.26. The Bertz CT molecular complexity index is 473. The van der Waals surface area contributed by atoms with Crippen molar-refractivity contribution in [1.29, 1.82) is 0 Å². The van der Waals surface area contributed by atoms with Gasteiger partial charge in [0.15, 0.2) is 0 Å². The minimum Gasteiger partial charge on any atom is -0.494 e. The second-order valence-electron chi connectivity index (χ2n) is 5.79. The first-order chi connectivity index (χ1) is 11.2. The smallest absolute Gasteiger partial charge is 0.127 e. The number of piperazine rings is 1. The third-order valence-corrected chi connectivity index (χ3v) is 4.47. The SMILES string of the molecule is CCOc1ccc(C(CN)N2CCN(CC)CC2)c(OCC)c1. The van der Waals surface area contributed by atoms with Crippen molar-refractivity contribution in [3.63, 3.8) is 0 Å². The average Bonchev–Trinajstić information content (AvgIpc) is 2.58. The first-order valence-electron chi connectivity index (χ1n) is 8.79. The Labute approximate surface area is 140 Å². The van der Waals surface area contributed by atoms with E-state index in [2.05, 4.69) is 22.8 Å². The highest BCUT2D eigenvalue weighted by Crippen LogP contribution is 2.33. The average molecular weight is 321 g/mol. The molecule has 5 heteroatoms. The molecule has 1 aliphatic rings. The minimum atomic E-state index is 0.200.